The van der Waals surface area contributed by atoms with Crippen molar-refractivity contribution < 1.29 is 9.90 Å². The number of fused-ring (bicyclic) bond motifs is 5. The lowest BCUT2D eigenvalue weighted by Crippen LogP contribution is -2.51. The molecule has 25 heavy (non-hydrogen) atoms. The van der Waals surface area contributed by atoms with E-state index >= 15 is 0 Å². The largest absolute Gasteiger partial charge is 0.390 e. The predicted molar refractivity (Wildman–Crippen MR) is 104 cm³/mol. The zero-order valence-corrected chi connectivity index (χ0v) is 17.7. The van der Waals surface area contributed by atoms with E-state index < -0.39 is 5.60 Å². The van der Waals surface area contributed by atoms with Gasteiger partial charge in [0.05, 0.1) is 5.60 Å². The molecule has 0 heterocycles. The molecule has 3 heteroatoms. The van der Waals surface area contributed by atoms with Gasteiger partial charge in [0.25, 0.3) is 0 Å². The molecule has 0 unspecified atom stereocenters. The first-order valence-corrected chi connectivity index (χ1v) is 11.4. The first-order chi connectivity index (χ1) is 11.7. The Hall–Kier alpha value is 0.110. The van der Waals surface area contributed by atoms with Gasteiger partial charge in [-0.25, -0.2) is 0 Å². The molecule has 0 saturated heterocycles. The topological polar surface area (TPSA) is 37.3 Å². The number of aliphatic hydroxyl groups is 1. The summed E-state index contributed by atoms with van der Waals surface area (Å²) in [5.41, 5.74) is -0.0455. The molecule has 4 aliphatic rings. The number of hydrogen-bond acceptors (Lipinski definition) is 2. The first-order valence-electron chi connectivity index (χ1n) is 10.6. The minimum atomic E-state index is -0.417. The van der Waals surface area contributed by atoms with Crippen LogP contribution in [0.5, 0.6) is 0 Å². The highest BCUT2D eigenvalue weighted by molar-refractivity contribution is 9.18. The van der Waals surface area contributed by atoms with E-state index in [-0.39, 0.29) is 4.69 Å². The highest BCUT2D eigenvalue weighted by Crippen LogP contribution is 2.66. The molecule has 0 aromatic rings. The van der Waals surface area contributed by atoms with Crippen LogP contribution < -0.4 is 0 Å². The van der Waals surface area contributed by atoms with Crippen LogP contribution in [-0.2, 0) is 4.79 Å². The predicted octanol–water partition coefficient (Wildman–Crippen LogP) is 5.56. The highest BCUT2D eigenvalue weighted by Gasteiger charge is 2.59. The van der Waals surface area contributed by atoms with Crippen molar-refractivity contribution in [2.24, 2.45) is 46.8 Å². The van der Waals surface area contributed by atoms with Crippen molar-refractivity contribution >= 4 is 20.6 Å². The fourth-order valence-corrected chi connectivity index (χ4v) is 8.67. The lowest BCUT2D eigenvalue weighted by Gasteiger charge is -2.57. The van der Waals surface area contributed by atoms with Gasteiger partial charge in [-0.15, -0.1) is 0 Å². The Balaban J connectivity index is 1.56. The summed E-state index contributed by atoms with van der Waals surface area (Å²) in [5, 5.41) is 10.5. The first kappa shape index (κ1) is 18.5. The Bertz CT molecular complexity index is 544. The molecular weight excluding hydrogens is 376 g/mol. The Labute approximate surface area is 161 Å². The molecule has 0 aromatic heterocycles. The van der Waals surface area contributed by atoms with Crippen molar-refractivity contribution in [3.8, 4) is 0 Å². The zero-order valence-electron chi connectivity index (χ0n) is 16.1. The summed E-state index contributed by atoms with van der Waals surface area (Å²) in [5.74, 6) is 5.51. The van der Waals surface area contributed by atoms with E-state index in [4.69, 9.17) is 0 Å². The molecule has 2 nitrogen and oxygen atoms in total. The fourth-order valence-electron chi connectivity index (χ4n) is 8.28. The van der Waals surface area contributed by atoms with E-state index in [1.54, 1.807) is 0 Å². The summed E-state index contributed by atoms with van der Waals surface area (Å²) in [7, 11) is 0. The van der Waals surface area contributed by atoms with Crippen LogP contribution in [0.2, 0.25) is 0 Å². The molecule has 0 spiro atoms. The molecule has 4 rings (SSSR count). The van der Waals surface area contributed by atoms with Gasteiger partial charge in [-0.05, 0) is 121 Å². The minimum absolute atomic E-state index is 0.201. The smallest absolute Gasteiger partial charge is 0.198 e. The van der Waals surface area contributed by atoms with Crippen LogP contribution in [0.4, 0.5) is 0 Å². The number of halogens is 1. The standard InChI is InChI=1S/C22H35BrO2/c1-13-10-15(11-19(23)24)22(3)9-7-17-16-6-8-21(2,25)12-14(16)4-5-18(17)20(13)22/h13-18,20,25H,4-12H2,1-3H3/t13-,14-,15+,16+,17-,18-,20+,21-,22+/m1/s1. The van der Waals surface area contributed by atoms with E-state index in [0.29, 0.717) is 11.3 Å². The van der Waals surface area contributed by atoms with Gasteiger partial charge in [0.15, 0.2) is 4.69 Å². The maximum Gasteiger partial charge on any atom is 0.198 e. The Morgan fingerprint density at radius 2 is 1.80 bits per heavy atom. The van der Waals surface area contributed by atoms with Crippen LogP contribution in [0.15, 0.2) is 0 Å². The van der Waals surface area contributed by atoms with E-state index in [1.165, 1.54) is 38.5 Å². The average molecular weight is 411 g/mol. The van der Waals surface area contributed by atoms with E-state index in [9.17, 15) is 9.90 Å². The lowest BCUT2D eigenvalue weighted by molar-refractivity contribution is -0.116. The van der Waals surface area contributed by atoms with E-state index in [0.717, 1.165) is 54.8 Å². The highest BCUT2D eigenvalue weighted by atomic mass is 79.9. The quantitative estimate of drug-likeness (QED) is 0.604. The summed E-state index contributed by atoms with van der Waals surface area (Å²) < 4.78 is 0.201. The van der Waals surface area contributed by atoms with Crippen molar-refractivity contribution in [2.45, 2.75) is 84.2 Å². The van der Waals surface area contributed by atoms with Gasteiger partial charge in [-0.1, -0.05) is 13.8 Å². The minimum Gasteiger partial charge on any atom is -0.390 e. The van der Waals surface area contributed by atoms with Crippen LogP contribution in [0.1, 0.15) is 78.6 Å². The number of carbonyl (C=O) groups is 1. The number of rotatable bonds is 2. The van der Waals surface area contributed by atoms with Gasteiger partial charge in [-0.3, -0.25) is 4.79 Å². The number of hydrogen-bond donors (Lipinski definition) is 1. The molecule has 0 bridgehead atoms. The molecular formula is C22H35BrO2. The number of carbonyl (C=O) groups excluding carboxylic acids is 1. The Morgan fingerprint density at radius 1 is 1.08 bits per heavy atom. The van der Waals surface area contributed by atoms with Crippen molar-refractivity contribution in [3.05, 3.63) is 0 Å². The molecule has 1 N–H and O–H groups in total. The maximum atomic E-state index is 11.7. The van der Waals surface area contributed by atoms with Crippen LogP contribution >= 0.6 is 15.9 Å². The second-order valence-electron chi connectivity index (χ2n) is 10.6. The Kier molecular flexibility index (Phi) is 4.68. The average Bonchev–Trinajstić information content (AvgIpc) is 2.76. The second-order valence-corrected chi connectivity index (χ2v) is 11.5. The van der Waals surface area contributed by atoms with Gasteiger partial charge in [-0.2, -0.15) is 0 Å². The second kappa shape index (κ2) is 6.33. The lowest BCUT2D eigenvalue weighted by atomic mass is 9.48. The summed E-state index contributed by atoms with van der Waals surface area (Å²) in [6.07, 6.45) is 10.6. The van der Waals surface area contributed by atoms with Crippen LogP contribution in [0.25, 0.3) is 0 Å². The van der Waals surface area contributed by atoms with Crippen LogP contribution in [0, 0.1) is 46.8 Å². The van der Waals surface area contributed by atoms with Gasteiger partial charge < -0.3 is 5.11 Å². The zero-order chi connectivity index (χ0) is 18.0. The molecule has 0 aliphatic heterocycles. The molecule has 0 aromatic carbocycles. The van der Waals surface area contributed by atoms with Crippen molar-refractivity contribution in [1.82, 2.24) is 0 Å². The van der Waals surface area contributed by atoms with Gasteiger partial charge in [0.2, 0.25) is 0 Å². The van der Waals surface area contributed by atoms with Crippen LogP contribution in [0.3, 0.4) is 0 Å². The van der Waals surface area contributed by atoms with Crippen molar-refractivity contribution in [3.63, 3.8) is 0 Å². The van der Waals surface area contributed by atoms with Gasteiger partial charge in [0, 0.05) is 6.42 Å². The molecule has 142 valence electrons. The third-order valence-electron chi connectivity index (χ3n) is 9.14. The summed E-state index contributed by atoms with van der Waals surface area (Å²) >= 11 is 3.21. The van der Waals surface area contributed by atoms with Gasteiger partial charge in [0.1, 0.15) is 0 Å². The monoisotopic (exact) mass is 410 g/mol. The van der Waals surface area contributed by atoms with Crippen molar-refractivity contribution in [2.75, 3.05) is 0 Å². The summed E-state index contributed by atoms with van der Waals surface area (Å²) in [4.78, 5) is 11.7. The molecule has 0 amide bonds. The van der Waals surface area contributed by atoms with E-state index in [1.807, 2.05) is 6.92 Å². The Morgan fingerprint density at radius 3 is 2.52 bits per heavy atom. The molecule has 4 aliphatic carbocycles. The van der Waals surface area contributed by atoms with Gasteiger partial charge >= 0.3 is 0 Å². The SMILES string of the molecule is C[C@@H]1C[C@@H](CC(=O)Br)[C@]2(C)CC[C@H]3[C@@H](CC[C@@H]4C[C@](C)(O)CC[C@@H]43)[C@H]12. The summed E-state index contributed by atoms with van der Waals surface area (Å²) in [6, 6.07) is 0. The third kappa shape index (κ3) is 3.06. The molecule has 4 saturated carbocycles. The van der Waals surface area contributed by atoms with Crippen molar-refractivity contribution in [1.29, 1.82) is 0 Å². The molecule has 4 fully saturated rings. The third-order valence-corrected chi connectivity index (χ3v) is 9.47. The fraction of sp³-hybridized carbons (Fsp3) is 0.955. The molecule has 9 atom stereocenters. The molecule has 0 radical (unpaired) electrons. The summed E-state index contributed by atoms with van der Waals surface area (Å²) in [6.45, 7) is 7.02. The van der Waals surface area contributed by atoms with Crippen LogP contribution in [-0.4, -0.2) is 15.4 Å². The van der Waals surface area contributed by atoms with E-state index in [2.05, 4.69) is 29.8 Å². The maximum absolute atomic E-state index is 11.7. The normalized spacial score (nSPS) is 55.2.